The summed E-state index contributed by atoms with van der Waals surface area (Å²) in [6.07, 6.45) is 1.37. The molecule has 0 saturated carbocycles. The Balaban J connectivity index is 2.42. The first-order valence-corrected chi connectivity index (χ1v) is 6.20. The standard InChI is InChI=1S/C9H9FN4O2S/c1-7(17(10,15)16)8-3-2-4-9(5-8)14-6-11-12-13-14/h2-7H,1H3. The summed E-state index contributed by atoms with van der Waals surface area (Å²) in [5.74, 6) is 0. The summed E-state index contributed by atoms with van der Waals surface area (Å²) in [7, 11) is -4.60. The largest absolute Gasteiger partial charge is 0.309 e. The van der Waals surface area contributed by atoms with Gasteiger partial charge in [-0.05, 0) is 35.0 Å². The minimum Gasteiger partial charge on any atom is -0.201 e. The van der Waals surface area contributed by atoms with E-state index in [1.165, 1.54) is 30.1 Å². The quantitative estimate of drug-likeness (QED) is 0.766. The van der Waals surface area contributed by atoms with Crippen molar-refractivity contribution in [2.45, 2.75) is 12.2 Å². The molecule has 90 valence electrons. The van der Waals surface area contributed by atoms with Crippen LogP contribution in [-0.4, -0.2) is 28.6 Å². The molecule has 0 radical (unpaired) electrons. The molecule has 6 nitrogen and oxygen atoms in total. The first-order chi connectivity index (χ1) is 7.98. The van der Waals surface area contributed by atoms with E-state index in [9.17, 15) is 12.3 Å². The number of nitrogens with zero attached hydrogens (tertiary/aromatic N) is 4. The molecule has 0 aliphatic rings. The Bertz CT molecular complexity index is 612. The Labute approximate surface area is 97.3 Å². The summed E-state index contributed by atoms with van der Waals surface area (Å²) in [5.41, 5.74) is 0.920. The molecule has 1 atom stereocenters. The summed E-state index contributed by atoms with van der Waals surface area (Å²) in [5, 5.41) is 9.38. The minimum atomic E-state index is -4.60. The minimum absolute atomic E-state index is 0.348. The Morgan fingerprint density at radius 3 is 2.76 bits per heavy atom. The highest BCUT2D eigenvalue weighted by atomic mass is 32.3. The lowest BCUT2D eigenvalue weighted by molar-refractivity contribution is 0.540. The monoisotopic (exact) mass is 256 g/mol. The van der Waals surface area contributed by atoms with Crippen molar-refractivity contribution >= 4 is 10.2 Å². The van der Waals surface area contributed by atoms with Gasteiger partial charge in [0.1, 0.15) is 11.6 Å². The maximum atomic E-state index is 12.9. The zero-order valence-electron chi connectivity index (χ0n) is 8.86. The second kappa shape index (κ2) is 4.21. The summed E-state index contributed by atoms with van der Waals surface area (Å²) in [6.45, 7) is 1.29. The van der Waals surface area contributed by atoms with Gasteiger partial charge in [-0.2, -0.15) is 8.42 Å². The van der Waals surface area contributed by atoms with Crippen LogP contribution in [0.25, 0.3) is 5.69 Å². The number of hydrogen-bond donors (Lipinski definition) is 0. The Hall–Kier alpha value is -1.83. The van der Waals surface area contributed by atoms with Crippen molar-refractivity contribution in [1.82, 2.24) is 20.2 Å². The van der Waals surface area contributed by atoms with Gasteiger partial charge in [0.15, 0.2) is 0 Å². The average molecular weight is 256 g/mol. The zero-order valence-corrected chi connectivity index (χ0v) is 9.67. The third kappa shape index (κ3) is 2.47. The first-order valence-electron chi connectivity index (χ1n) is 4.75. The molecule has 2 rings (SSSR count). The summed E-state index contributed by atoms with van der Waals surface area (Å²) < 4.78 is 35.9. The molecule has 0 N–H and O–H groups in total. The fourth-order valence-electron chi connectivity index (χ4n) is 1.36. The maximum Gasteiger partial charge on any atom is 0.309 e. The van der Waals surface area contributed by atoms with Crippen LogP contribution in [0.15, 0.2) is 30.6 Å². The predicted molar refractivity (Wildman–Crippen MR) is 57.6 cm³/mol. The Kier molecular flexibility index (Phi) is 2.88. The van der Waals surface area contributed by atoms with Crippen LogP contribution in [0.5, 0.6) is 0 Å². The van der Waals surface area contributed by atoms with Crippen molar-refractivity contribution in [3.8, 4) is 5.69 Å². The zero-order chi connectivity index (χ0) is 12.5. The van der Waals surface area contributed by atoms with Gasteiger partial charge in [0, 0.05) is 0 Å². The molecule has 17 heavy (non-hydrogen) atoms. The Morgan fingerprint density at radius 1 is 1.41 bits per heavy atom. The number of benzene rings is 1. The van der Waals surface area contributed by atoms with E-state index in [1.54, 1.807) is 12.1 Å². The van der Waals surface area contributed by atoms with Crippen LogP contribution in [0.2, 0.25) is 0 Å². The van der Waals surface area contributed by atoms with Crippen LogP contribution >= 0.6 is 0 Å². The highest BCUT2D eigenvalue weighted by molar-refractivity contribution is 7.86. The number of tetrazole rings is 1. The smallest absolute Gasteiger partial charge is 0.201 e. The van der Waals surface area contributed by atoms with E-state index in [4.69, 9.17) is 0 Å². The van der Waals surface area contributed by atoms with E-state index in [0.717, 1.165) is 0 Å². The van der Waals surface area contributed by atoms with Gasteiger partial charge >= 0.3 is 10.2 Å². The second-order valence-electron chi connectivity index (χ2n) is 3.47. The van der Waals surface area contributed by atoms with Crippen molar-refractivity contribution in [2.75, 3.05) is 0 Å². The molecule has 0 fully saturated rings. The third-order valence-corrected chi connectivity index (χ3v) is 3.49. The van der Waals surface area contributed by atoms with Crippen LogP contribution < -0.4 is 0 Å². The molecule has 0 amide bonds. The van der Waals surface area contributed by atoms with Crippen LogP contribution in [-0.2, 0) is 10.2 Å². The lowest BCUT2D eigenvalue weighted by Gasteiger charge is -2.08. The van der Waals surface area contributed by atoms with Crippen molar-refractivity contribution in [1.29, 1.82) is 0 Å². The van der Waals surface area contributed by atoms with Crippen molar-refractivity contribution in [3.05, 3.63) is 36.2 Å². The van der Waals surface area contributed by atoms with Gasteiger partial charge in [0.05, 0.1) is 5.69 Å². The molecule has 0 bridgehead atoms. The van der Waals surface area contributed by atoms with E-state index in [2.05, 4.69) is 15.5 Å². The molecule has 0 spiro atoms. The Morgan fingerprint density at radius 2 is 2.18 bits per heavy atom. The van der Waals surface area contributed by atoms with E-state index >= 15 is 0 Å². The molecule has 0 aliphatic heterocycles. The van der Waals surface area contributed by atoms with Gasteiger partial charge < -0.3 is 0 Å². The SMILES string of the molecule is CC(c1cccc(-n2cnnn2)c1)S(=O)(=O)F. The van der Waals surface area contributed by atoms with E-state index in [0.29, 0.717) is 11.3 Å². The molecule has 1 heterocycles. The summed E-state index contributed by atoms with van der Waals surface area (Å²) in [4.78, 5) is 0. The van der Waals surface area contributed by atoms with Crippen LogP contribution in [0.1, 0.15) is 17.7 Å². The number of aromatic nitrogens is 4. The fraction of sp³-hybridized carbons (Fsp3) is 0.222. The molecule has 1 aromatic carbocycles. The first kappa shape index (κ1) is 11.6. The lowest BCUT2D eigenvalue weighted by atomic mass is 10.1. The molecule has 8 heteroatoms. The van der Waals surface area contributed by atoms with E-state index < -0.39 is 15.5 Å². The van der Waals surface area contributed by atoms with Crippen molar-refractivity contribution in [3.63, 3.8) is 0 Å². The molecule has 0 aliphatic carbocycles. The molecule has 1 unspecified atom stereocenters. The van der Waals surface area contributed by atoms with Crippen molar-refractivity contribution < 1.29 is 12.3 Å². The van der Waals surface area contributed by atoms with Gasteiger partial charge in [0.25, 0.3) is 0 Å². The summed E-state index contributed by atoms with van der Waals surface area (Å²) >= 11 is 0. The second-order valence-corrected chi connectivity index (χ2v) is 5.13. The van der Waals surface area contributed by atoms with E-state index in [1.807, 2.05) is 0 Å². The molecule has 0 saturated heterocycles. The highest BCUT2D eigenvalue weighted by Crippen LogP contribution is 2.24. The highest BCUT2D eigenvalue weighted by Gasteiger charge is 2.21. The van der Waals surface area contributed by atoms with Gasteiger partial charge in [-0.25, -0.2) is 4.68 Å². The molecular formula is C9H9FN4O2S. The van der Waals surface area contributed by atoms with Gasteiger partial charge in [-0.3, -0.25) is 0 Å². The third-order valence-electron chi connectivity index (χ3n) is 2.38. The lowest BCUT2D eigenvalue weighted by Crippen LogP contribution is -2.05. The molecule has 1 aromatic heterocycles. The van der Waals surface area contributed by atoms with Crippen LogP contribution in [0, 0.1) is 0 Å². The average Bonchev–Trinajstić information content (AvgIpc) is 2.80. The van der Waals surface area contributed by atoms with E-state index in [-0.39, 0.29) is 0 Å². The predicted octanol–water partition coefficient (Wildman–Crippen LogP) is 1.02. The van der Waals surface area contributed by atoms with Crippen molar-refractivity contribution in [2.24, 2.45) is 0 Å². The van der Waals surface area contributed by atoms with Crippen LogP contribution in [0.4, 0.5) is 3.89 Å². The normalized spacial score (nSPS) is 13.5. The topological polar surface area (TPSA) is 77.7 Å². The molecular weight excluding hydrogens is 247 g/mol. The van der Waals surface area contributed by atoms with Crippen LogP contribution in [0.3, 0.4) is 0 Å². The van der Waals surface area contributed by atoms with Gasteiger partial charge in [0.2, 0.25) is 0 Å². The summed E-state index contributed by atoms with van der Waals surface area (Å²) in [6, 6.07) is 6.37. The van der Waals surface area contributed by atoms with Gasteiger partial charge in [-0.15, -0.1) is 8.98 Å². The maximum absolute atomic E-state index is 12.9. The molecule has 2 aromatic rings. The number of hydrogen-bond acceptors (Lipinski definition) is 5. The fourth-order valence-corrected chi connectivity index (χ4v) is 1.83. The number of halogens is 1. The number of rotatable bonds is 3. The van der Waals surface area contributed by atoms with Gasteiger partial charge in [-0.1, -0.05) is 12.1 Å².